The summed E-state index contributed by atoms with van der Waals surface area (Å²) in [4.78, 5) is 12.4. The average molecular weight is 527 g/mol. The summed E-state index contributed by atoms with van der Waals surface area (Å²) in [7, 11) is 1.49. The first-order chi connectivity index (χ1) is 18.7. The van der Waals surface area contributed by atoms with Gasteiger partial charge in [-0.15, -0.1) is 0 Å². The quantitative estimate of drug-likeness (QED) is 0.302. The van der Waals surface area contributed by atoms with Gasteiger partial charge in [-0.25, -0.2) is 4.39 Å². The summed E-state index contributed by atoms with van der Waals surface area (Å²) < 4.78 is 26.5. The molecular formula is C35H39FO3. The number of esters is 1. The van der Waals surface area contributed by atoms with E-state index in [0.29, 0.717) is 18.1 Å². The van der Waals surface area contributed by atoms with Crippen LogP contribution in [0.4, 0.5) is 4.39 Å². The fraction of sp³-hybridized carbons (Fsp3) is 0.457. The van der Waals surface area contributed by atoms with Crippen LogP contribution in [0, 0.1) is 24.1 Å². The van der Waals surface area contributed by atoms with Crippen molar-refractivity contribution in [2.75, 3.05) is 7.11 Å². The van der Waals surface area contributed by atoms with Crippen LogP contribution in [0.3, 0.4) is 0 Å². The van der Waals surface area contributed by atoms with Crippen molar-refractivity contribution in [2.24, 2.45) is 11.3 Å². The van der Waals surface area contributed by atoms with Crippen molar-refractivity contribution in [3.05, 3.63) is 88.2 Å². The van der Waals surface area contributed by atoms with Gasteiger partial charge in [0.25, 0.3) is 0 Å². The van der Waals surface area contributed by atoms with Gasteiger partial charge in [-0.2, -0.15) is 0 Å². The van der Waals surface area contributed by atoms with Crippen LogP contribution in [0.15, 0.2) is 54.6 Å². The topological polar surface area (TPSA) is 35.5 Å². The Hall–Kier alpha value is -3.14. The van der Waals surface area contributed by atoms with E-state index < -0.39 is 0 Å². The molecule has 0 aliphatic heterocycles. The van der Waals surface area contributed by atoms with Gasteiger partial charge in [0.2, 0.25) is 0 Å². The SMILES string of the molecule is COC(=O)C1CCC12CCc1ccc(OCc3ccc(-c4cc(C)ccc4F)c(C4CCCC4(C)C)c3)cc12. The van der Waals surface area contributed by atoms with Crippen LogP contribution in [-0.4, -0.2) is 13.1 Å². The normalized spacial score (nSPS) is 24.8. The van der Waals surface area contributed by atoms with E-state index in [-0.39, 0.29) is 28.5 Å². The highest BCUT2D eigenvalue weighted by Gasteiger charge is 2.55. The molecule has 0 saturated heterocycles. The highest BCUT2D eigenvalue weighted by Crippen LogP contribution is 2.57. The van der Waals surface area contributed by atoms with Gasteiger partial charge < -0.3 is 9.47 Å². The van der Waals surface area contributed by atoms with Crippen LogP contribution in [0.2, 0.25) is 0 Å². The molecule has 3 aromatic carbocycles. The summed E-state index contributed by atoms with van der Waals surface area (Å²) in [6, 6.07) is 18.2. The van der Waals surface area contributed by atoms with Crippen LogP contribution < -0.4 is 4.74 Å². The molecule has 0 bridgehead atoms. The van der Waals surface area contributed by atoms with Gasteiger partial charge in [0.05, 0.1) is 13.0 Å². The zero-order valence-electron chi connectivity index (χ0n) is 23.6. The number of fused-ring (bicyclic) bond motifs is 2. The average Bonchev–Trinajstić information content (AvgIpc) is 3.48. The third kappa shape index (κ3) is 4.46. The molecule has 0 amide bonds. The van der Waals surface area contributed by atoms with E-state index in [2.05, 4.69) is 50.2 Å². The molecule has 2 saturated carbocycles. The minimum atomic E-state index is -0.171. The third-order valence-corrected chi connectivity index (χ3v) is 10.1. The zero-order chi connectivity index (χ0) is 27.4. The van der Waals surface area contributed by atoms with Gasteiger partial charge in [-0.05, 0) is 109 Å². The smallest absolute Gasteiger partial charge is 0.309 e. The van der Waals surface area contributed by atoms with Crippen LogP contribution in [0.5, 0.6) is 5.75 Å². The predicted octanol–water partition coefficient (Wildman–Crippen LogP) is 8.44. The van der Waals surface area contributed by atoms with Crippen molar-refractivity contribution in [3.63, 3.8) is 0 Å². The lowest BCUT2D eigenvalue weighted by molar-refractivity contribution is -0.153. The predicted molar refractivity (Wildman–Crippen MR) is 152 cm³/mol. The van der Waals surface area contributed by atoms with E-state index in [0.717, 1.165) is 54.5 Å². The van der Waals surface area contributed by atoms with Crippen molar-refractivity contribution in [3.8, 4) is 16.9 Å². The molecule has 1 spiro atoms. The molecule has 3 aliphatic rings. The molecule has 3 aromatic rings. The Balaban J connectivity index is 1.29. The van der Waals surface area contributed by atoms with Gasteiger partial charge in [0.1, 0.15) is 18.2 Å². The van der Waals surface area contributed by atoms with Crippen LogP contribution in [0.25, 0.3) is 11.1 Å². The van der Waals surface area contributed by atoms with Crippen molar-refractivity contribution in [1.82, 2.24) is 0 Å². The number of halogens is 1. The number of carbonyl (C=O) groups is 1. The van der Waals surface area contributed by atoms with Gasteiger partial charge in [0, 0.05) is 11.0 Å². The number of hydrogen-bond acceptors (Lipinski definition) is 3. The summed E-state index contributed by atoms with van der Waals surface area (Å²) in [5.74, 6) is 0.900. The number of hydrogen-bond donors (Lipinski definition) is 0. The molecule has 0 heterocycles. The molecular weight excluding hydrogens is 487 g/mol. The number of methoxy groups -OCH3 is 1. The summed E-state index contributed by atoms with van der Waals surface area (Å²) in [6.45, 7) is 7.14. The third-order valence-electron chi connectivity index (χ3n) is 10.1. The van der Waals surface area contributed by atoms with Crippen LogP contribution >= 0.6 is 0 Å². The molecule has 3 nitrogen and oxygen atoms in total. The molecule has 4 heteroatoms. The van der Waals surface area contributed by atoms with Gasteiger partial charge in [-0.3, -0.25) is 4.79 Å². The Morgan fingerprint density at radius 3 is 2.54 bits per heavy atom. The Bertz CT molecular complexity index is 1420. The molecule has 3 atom stereocenters. The minimum Gasteiger partial charge on any atom is -0.489 e. The maximum atomic E-state index is 15.0. The van der Waals surface area contributed by atoms with E-state index in [1.807, 2.05) is 19.1 Å². The second kappa shape index (κ2) is 9.80. The first kappa shape index (κ1) is 26.1. The lowest BCUT2D eigenvalue weighted by Crippen LogP contribution is -2.47. The van der Waals surface area contributed by atoms with E-state index >= 15 is 4.39 Å². The largest absolute Gasteiger partial charge is 0.489 e. The first-order valence-electron chi connectivity index (χ1n) is 14.5. The van der Waals surface area contributed by atoms with Crippen molar-refractivity contribution in [1.29, 1.82) is 0 Å². The monoisotopic (exact) mass is 526 g/mol. The number of benzene rings is 3. The number of carbonyl (C=O) groups excluding carboxylic acids is 1. The maximum Gasteiger partial charge on any atom is 0.309 e. The standard InChI is InChI=1S/C35H39FO3/c1-22-7-12-32(36)28(18-22)26-11-8-23(19-27(26)29-6-5-15-34(29,2)3)21-39-25-10-9-24-13-16-35(31(24)20-25)17-14-30(35)33(37)38-4/h7-12,18-20,29-30H,5-6,13-17,21H2,1-4H3. The summed E-state index contributed by atoms with van der Waals surface area (Å²) in [5, 5.41) is 0. The highest BCUT2D eigenvalue weighted by atomic mass is 19.1. The Morgan fingerprint density at radius 2 is 1.82 bits per heavy atom. The molecule has 0 aromatic heterocycles. The highest BCUT2D eigenvalue weighted by molar-refractivity contribution is 5.77. The van der Waals surface area contributed by atoms with Crippen molar-refractivity contribution < 1.29 is 18.7 Å². The fourth-order valence-corrected chi connectivity index (χ4v) is 7.71. The lowest BCUT2D eigenvalue weighted by atomic mass is 9.57. The molecule has 2 fully saturated rings. The molecule has 6 rings (SSSR count). The van der Waals surface area contributed by atoms with Gasteiger partial charge >= 0.3 is 5.97 Å². The summed E-state index contributed by atoms with van der Waals surface area (Å²) in [6.07, 6.45) is 7.41. The lowest BCUT2D eigenvalue weighted by Gasteiger charge is -2.46. The number of aryl methyl sites for hydroxylation is 2. The summed E-state index contributed by atoms with van der Waals surface area (Å²) >= 11 is 0. The fourth-order valence-electron chi connectivity index (χ4n) is 7.71. The van der Waals surface area contributed by atoms with E-state index in [4.69, 9.17) is 9.47 Å². The van der Waals surface area contributed by atoms with Gasteiger partial charge in [-0.1, -0.05) is 56.2 Å². The molecule has 0 radical (unpaired) electrons. The summed E-state index contributed by atoms with van der Waals surface area (Å²) in [5.41, 5.74) is 7.73. The molecule has 3 unspecified atom stereocenters. The van der Waals surface area contributed by atoms with Crippen LogP contribution in [0.1, 0.15) is 86.1 Å². The maximum absolute atomic E-state index is 15.0. The molecule has 39 heavy (non-hydrogen) atoms. The van der Waals surface area contributed by atoms with Crippen LogP contribution in [-0.2, 0) is 28.0 Å². The van der Waals surface area contributed by atoms with E-state index in [9.17, 15) is 4.79 Å². The molecule has 0 N–H and O–H groups in total. The number of rotatable bonds is 6. The van der Waals surface area contributed by atoms with Crippen molar-refractivity contribution >= 4 is 5.97 Å². The molecule has 204 valence electrons. The second-order valence-electron chi connectivity index (χ2n) is 12.7. The number of ether oxygens (including phenoxy) is 2. The molecule has 3 aliphatic carbocycles. The van der Waals surface area contributed by atoms with E-state index in [1.165, 1.54) is 36.6 Å². The first-order valence-corrected chi connectivity index (χ1v) is 14.5. The second-order valence-corrected chi connectivity index (χ2v) is 12.7. The Kier molecular flexibility index (Phi) is 6.56. The van der Waals surface area contributed by atoms with Crippen molar-refractivity contribution in [2.45, 2.75) is 83.7 Å². The Morgan fingerprint density at radius 1 is 0.974 bits per heavy atom. The van der Waals surface area contributed by atoms with E-state index in [1.54, 1.807) is 6.07 Å². The van der Waals surface area contributed by atoms with Gasteiger partial charge in [0.15, 0.2) is 0 Å². The zero-order valence-corrected chi connectivity index (χ0v) is 23.6. The minimum absolute atomic E-state index is 0.0501. The Labute approximate surface area is 231 Å².